The highest BCUT2D eigenvalue weighted by Crippen LogP contribution is 2.44. The van der Waals surface area contributed by atoms with Gasteiger partial charge in [-0.2, -0.15) is 0 Å². The fraction of sp³-hybridized carbons (Fsp3) is 0.172. The molecule has 3 aromatic carbocycles. The minimum Gasteiger partial charge on any atom is -0.480 e. The van der Waals surface area contributed by atoms with E-state index in [2.05, 4.69) is 29.6 Å². The summed E-state index contributed by atoms with van der Waals surface area (Å²) in [5.74, 6) is -1.16. The normalized spacial score (nSPS) is 13.0. The molecule has 1 aromatic heterocycles. The van der Waals surface area contributed by atoms with Gasteiger partial charge in [-0.15, -0.1) is 11.3 Å². The van der Waals surface area contributed by atoms with E-state index in [1.165, 1.54) is 5.56 Å². The Bertz CT molecular complexity index is 1300. The Balaban J connectivity index is 1.21. The predicted molar refractivity (Wildman–Crippen MR) is 137 cm³/mol. The highest BCUT2D eigenvalue weighted by atomic mass is 32.1. The lowest BCUT2D eigenvalue weighted by molar-refractivity contribution is -0.139. The zero-order valence-electron chi connectivity index (χ0n) is 19.0. The molecule has 0 saturated carbocycles. The zero-order valence-corrected chi connectivity index (χ0v) is 19.8. The number of rotatable bonds is 8. The Morgan fingerprint density at radius 3 is 2.09 bits per heavy atom. The maximum atomic E-state index is 12.6. The molecule has 0 radical (unpaired) electrons. The van der Waals surface area contributed by atoms with Crippen LogP contribution in [0.15, 0.2) is 91.0 Å². The van der Waals surface area contributed by atoms with Crippen LogP contribution < -0.4 is 5.32 Å². The molecule has 35 heavy (non-hydrogen) atoms. The van der Waals surface area contributed by atoms with Gasteiger partial charge in [0.2, 0.25) is 0 Å². The molecule has 4 aromatic rings. The molecule has 5 nitrogen and oxygen atoms in total. The van der Waals surface area contributed by atoms with E-state index in [9.17, 15) is 14.7 Å². The summed E-state index contributed by atoms with van der Waals surface area (Å²) in [7, 11) is 0. The smallest absolute Gasteiger partial charge is 0.407 e. The molecule has 2 N–H and O–H groups in total. The zero-order chi connectivity index (χ0) is 24.2. The van der Waals surface area contributed by atoms with Crippen LogP contribution >= 0.6 is 11.3 Å². The van der Waals surface area contributed by atoms with Gasteiger partial charge >= 0.3 is 12.1 Å². The van der Waals surface area contributed by atoms with Gasteiger partial charge in [-0.1, -0.05) is 78.9 Å². The number of fused-ring (bicyclic) bond motifs is 3. The topological polar surface area (TPSA) is 75.6 Å². The molecule has 5 rings (SSSR count). The highest BCUT2D eigenvalue weighted by Gasteiger charge is 2.30. The number of hydrogen-bond donors (Lipinski definition) is 2. The standard InChI is InChI=1S/C29H25NO4S/c31-28(32)27(17-21-15-14-20(35-21)16-19-8-2-1-3-9-19)30-29(33)34-18-26-24-12-6-4-10-22(24)23-11-5-7-13-25(23)26/h1-15,26-27H,16-18H2,(H,30,33)(H,31,32). The van der Waals surface area contributed by atoms with Crippen molar-refractivity contribution in [1.29, 1.82) is 0 Å². The Morgan fingerprint density at radius 2 is 1.43 bits per heavy atom. The van der Waals surface area contributed by atoms with Crippen molar-refractivity contribution in [3.63, 3.8) is 0 Å². The van der Waals surface area contributed by atoms with Gasteiger partial charge in [0.05, 0.1) is 0 Å². The lowest BCUT2D eigenvalue weighted by atomic mass is 9.98. The minimum atomic E-state index is -1.09. The first-order valence-electron chi connectivity index (χ1n) is 11.5. The van der Waals surface area contributed by atoms with E-state index in [-0.39, 0.29) is 18.9 Å². The van der Waals surface area contributed by atoms with Crippen LogP contribution in [0.2, 0.25) is 0 Å². The Hall–Kier alpha value is -3.90. The van der Waals surface area contributed by atoms with E-state index < -0.39 is 18.1 Å². The van der Waals surface area contributed by atoms with Crippen molar-refractivity contribution in [2.24, 2.45) is 0 Å². The summed E-state index contributed by atoms with van der Waals surface area (Å²) >= 11 is 1.56. The number of thiophene rings is 1. The van der Waals surface area contributed by atoms with E-state index in [1.54, 1.807) is 11.3 Å². The first kappa shape index (κ1) is 22.9. The van der Waals surface area contributed by atoms with Gasteiger partial charge in [-0.25, -0.2) is 9.59 Å². The molecule has 1 aliphatic carbocycles. The van der Waals surface area contributed by atoms with Gasteiger partial charge in [-0.05, 0) is 39.9 Å². The molecule has 1 heterocycles. The average molecular weight is 484 g/mol. The van der Waals surface area contributed by atoms with E-state index in [1.807, 2.05) is 66.7 Å². The summed E-state index contributed by atoms with van der Waals surface area (Å²) in [4.78, 5) is 26.5. The van der Waals surface area contributed by atoms with Crippen LogP contribution in [0.1, 0.15) is 32.4 Å². The number of carboxylic acids is 1. The van der Waals surface area contributed by atoms with Crippen molar-refractivity contribution >= 4 is 23.4 Å². The molecular weight excluding hydrogens is 458 g/mol. The van der Waals surface area contributed by atoms with E-state index >= 15 is 0 Å². The number of amides is 1. The number of carbonyl (C=O) groups excluding carboxylic acids is 1. The molecule has 1 unspecified atom stereocenters. The van der Waals surface area contributed by atoms with Crippen LogP contribution in [0, 0.1) is 0 Å². The van der Waals surface area contributed by atoms with Crippen LogP contribution in [0.3, 0.4) is 0 Å². The molecular formula is C29H25NO4S. The van der Waals surface area contributed by atoms with Crippen molar-refractivity contribution in [3.05, 3.63) is 117 Å². The van der Waals surface area contributed by atoms with Crippen molar-refractivity contribution < 1.29 is 19.4 Å². The third-order valence-electron chi connectivity index (χ3n) is 6.28. The summed E-state index contributed by atoms with van der Waals surface area (Å²) in [6.45, 7) is 0.145. The number of benzene rings is 3. The van der Waals surface area contributed by atoms with Gasteiger partial charge in [-0.3, -0.25) is 0 Å². The van der Waals surface area contributed by atoms with Gasteiger partial charge in [0.1, 0.15) is 12.6 Å². The minimum absolute atomic E-state index is 0.0748. The van der Waals surface area contributed by atoms with Crippen LogP contribution in [0.5, 0.6) is 0 Å². The third-order valence-corrected chi connectivity index (χ3v) is 7.39. The average Bonchev–Trinajstić information content (AvgIpc) is 3.45. The number of hydrogen-bond acceptors (Lipinski definition) is 4. The number of aliphatic carboxylic acids is 1. The molecule has 6 heteroatoms. The van der Waals surface area contributed by atoms with Crippen molar-refractivity contribution in [1.82, 2.24) is 5.32 Å². The van der Waals surface area contributed by atoms with Gasteiger partial charge < -0.3 is 15.2 Å². The molecule has 1 amide bonds. The quantitative estimate of drug-likeness (QED) is 0.329. The Labute approximate surface area is 208 Å². The lowest BCUT2D eigenvalue weighted by Gasteiger charge is -2.17. The molecule has 176 valence electrons. The number of alkyl carbamates (subject to hydrolysis) is 1. The summed E-state index contributed by atoms with van der Waals surface area (Å²) in [6, 6.07) is 29.2. The van der Waals surface area contributed by atoms with Gasteiger partial charge in [0, 0.05) is 28.5 Å². The molecule has 0 fully saturated rings. The number of ether oxygens (including phenoxy) is 1. The maximum absolute atomic E-state index is 12.6. The first-order chi connectivity index (χ1) is 17.1. The SMILES string of the molecule is O=C(NC(Cc1ccc(Cc2ccccc2)s1)C(=O)O)OCC1c2ccccc2-c2ccccc21. The Kier molecular flexibility index (Phi) is 6.64. The van der Waals surface area contributed by atoms with Crippen LogP contribution in [0.25, 0.3) is 11.1 Å². The predicted octanol–water partition coefficient (Wildman–Crippen LogP) is 5.87. The second kappa shape index (κ2) is 10.2. The van der Waals surface area contributed by atoms with Crippen molar-refractivity contribution in [2.75, 3.05) is 6.61 Å². The van der Waals surface area contributed by atoms with Crippen LogP contribution in [-0.2, 0) is 22.4 Å². The number of nitrogens with one attached hydrogen (secondary N) is 1. The second-order valence-electron chi connectivity index (χ2n) is 8.60. The molecule has 1 aliphatic rings. The third kappa shape index (κ3) is 5.12. The molecule has 0 spiro atoms. The number of carbonyl (C=O) groups is 2. The van der Waals surface area contributed by atoms with Gasteiger partial charge in [0.15, 0.2) is 0 Å². The maximum Gasteiger partial charge on any atom is 0.407 e. The van der Waals surface area contributed by atoms with E-state index in [0.717, 1.165) is 38.4 Å². The second-order valence-corrected chi connectivity index (χ2v) is 9.85. The summed E-state index contributed by atoms with van der Waals surface area (Å²) < 4.78 is 5.53. The largest absolute Gasteiger partial charge is 0.480 e. The summed E-state index contributed by atoms with van der Waals surface area (Å²) in [5, 5.41) is 12.2. The Morgan fingerprint density at radius 1 is 0.829 bits per heavy atom. The fourth-order valence-electron chi connectivity index (χ4n) is 4.61. The first-order valence-corrected chi connectivity index (χ1v) is 12.4. The van der Waals surface area contributed by atoms with Crippen molar-refractivity contribution in [3.8, 4) is 11.1 Å². The molecule has 0 aliphatic heterocycles. The molecule has 0 bridgehead atoms. The summed E-state index contributed by atoms with van der Waals surface area (Å²) in [5.41, 5.74) is 5.71. The highest BCUT2D eigenvalue weighted by molar-refractivity contribution is 7.12. The number of carboxylic acid groups (broad SMARTS) is 1. The lowest BCUT2D eigenvalue weighted by Crippen LogP contribution is -2.42. The van der Waals surface area contributed by atoms with E-state index in [0.29, 0.717) is 0 Å². The van der Waals surface area contributed by atoms with Gasteiger partial charge in [0.25, 0.3) is 0 Å². The summed E-state index contributed by atoms with van der Waals surface area (Å²) in [6.07, 6.45) is 0.280. The fourth-order valence-corrected chi connectivity index (χ4v) is 5.71. The monoisotopic (exact) mass is 483 g/mol. The van der Waals surface area contributed by atoms with Crippen LogP contribution in [0.4, 0.5) is 4.79 Å². The molecule has 0 saturated heterocycles. The van der Waals surface area contributed by atoms with E-state index in [4.69, 9.17) is 4.74 Å². The van der Waals surface area contributed by atoms with Crippen molar-refractivity contribution in [2.45, 2.75) is 24.8 Å². The molecule has 1 atom stereocenters. The van der Waals surface area contributed by atoms with Crippen LogP contribution in [-0.4, -0.2) is 29.8 Å².